The van der Waals surface area contributed by atoms with Crippen LogP contribution in [-0.4, -0.2) is 0 Å². The Labute approximate surface area is 73.6 Å². The Bertz CT molecular complexity index is 311. The molecule has 1 aliphatic carbocycles. The van der Waals surface area contributed by atoms with Gasteiger partial charge in [-0.1, -0.05) is 6.07 Å². The molecule has 1 aliphatic rings. The predicted octanol–water partition coefficient (Wildman–Crippen LogP) is 2.76. The Morgan fingerprint density at radius 1 is 1.17 bits per heavy atom. The lowest BCUT2D eigenvalue weighted by Gasteiger charge is -2.09. The molecule has 1 heteroatoms. The van der Waals surface area contributed by atoms with Crippen molar-refractivity contribution < 1.29 is 0 Å². The molecule has 0 radical (unpaired) electrons. The summed E-state index contributed by atoms with van der Waals surface area (Å²) in [6, 6.07) is 4.23. The maximum Gasteiger partial charge on any atom is 0.0346 e. The third-order valence-corrected chi connectivity index (χ3v) is 2.89. The van der Waals surface area contributed by atoms with Gasteiger partial charge in [-0.25, -0.2) is 0 Å². The summed E-state index contributed by atoms with van der Waals surface area (Å²) in [5.74, 6) is 0.837. The molecule has 0 amide bonds. The van der Waals surface area contributed by atoms with Gasteiger partial charge < -0.3 is 5.73 Å². The van der Waals surface area contributed by atoms with E-state index in [-0.39, 0.29) is 0 Å². The fraction of sp³-hybridized carbons (Fsp3) is 0.455. The molecule has 0 unspecified atom stereocenters. The van der Waals surface area contributed by atoms with Crippen LogP contribution in [0.25, 0.3) is 0 Å². The average molecular weight is 161 g/mol. The zero-order valence-electron chi connectivity index (χ0n) is 7.72. The lowest BCUT2D eigenvalue weighted by Crippen LogP contribution is -1.95. The van der Waals surface area contributed by atoms with Crippen LogP contribution >= 0.6 is 0 Å². The second kappa shape index (κ2) is 2.51. The largest absolute Gasteiger partial charge is 0.399 e. The van der Waals surface area contributed by atoms with Crippen LogP contribution in [0.3, 0.4) is 0 Å². The fourth-order valence-electron chi connectivity index (χ4n) is 1.70. The van der Waals surface area contributed by atoms with Crippen molar-refractivity contribution in [2.24, 2.45) is 0 Å². The van der Waals surface area contributed by atoms with E-state index in [2.05, 4.69) is 19.9 Å². The second-order valence-electron chi connectivity index (χ2n) is 3.77. The first-order valence-corrected chi connectivity index (χ1v) is 4.55. The number of rotatable bonds is 1. The number of hydrogen-bond donors (Lipinski definition) is 1. The van der Waals surface area contributed by atoms with Gasteiger partial charge >= 0.3 is 0 Å². The van der Waals surface area contributed by atoms with E-state index in [0.717, 1.165) is 11.6 Å². The molecule has 0 heterocycles. The van der Waals surface area contributed by atoms with Crippen molar-refractivity contribution in [2.75, 3.05) is 5.73 Å². The molecule has 1 aromatic carbocycles. The number of benzene rings is 1. The fourth-order valence-corrected chi connectivity index (χ4v) is 1.70. The molecule has 12 heavy (non-hydrogen) atoms. The van der Waals surface area contributed by atoms with Crippen LogP contribution in [0.15, 0.2) is 12.1 Å². The van der Waals surface area contributed by atoms with Crippen LogP contribution in [0.1, 0.15) is 35.4 Å². The maximum atomic E-state index is 5.81. The first-order valence-electron chi connectivity index (χ1n) is 4.55. The summed E-state index contributed by atoms with van der Waals surface area (Å²) in [7, 11) is 0. The molecule has 0 aliphatic heterocycles. The van der Waals surface area contributed by atoms with E-state index >= 15 is 0 Å². The first-order chi connectivity index (χ1) is 5.70. The van der Waals surface area contributed by atoms with Gasteiger partial charge in [-0.2, -0.15) is 0 Å². The molecule has 1 nitrogen and oxygen atoms in total. The maximum absolute atomic E-state index is 5.81. The molecule has 0 aromatic heterocycles. The summed E-state index contributed by atoms with van der Waals surface area (Å²) in [5, 5.41) is 0. The Kier molecular flexibility index (Phi) is 1.60. The molecule has 2 N–H and O–H groups in total. The Balaban J connectivity index is 2.49. The lowest BCUT2D eigenvalue weighted by molar-refractivity contribution is 1.09. The smallest absolute Gasteiger partial charge is 0.0346 e. The van der Waals surface area contributed by atoms with Gasteiger partial charge in [0, 0.05) is 5.69 Å². The van der Waals surface area contributed by atoms with Crippen molar-refractivity contribution in [2.45, 2.75) is 32.6 Å². The molecule has 0 bridgehead atoms. The molecule has 0 saturated heterocycles. The third kappa shape index (κ3) is 1.09. The highest BCUT2D eigenvalue weighted by atomic mass is 14.6. The highest BCUT2D eigenvalue weighted by molar-refractivity contribution is 5.54. The SMILES string of the molecule is Cc1c(N)ccc(C2CC2)c1C. The minimum atomic E-state index is 0.837. The molecule has 2 rings (SSSR count). The van der Waals surface area contributed by atoms with Crippen molar-refractivity contribution in [3.05, 3.63) is 28.8 Å². The molecule has 0 atom stereocenters. The van der Waals surface area contributed by atoms with Gasteiger partial charge in [0.25, 0.3) is 0 Å². The zero-order valence-corrected chi connectivity index (χ0v) is 7.72. The molecular formula is C11H15N. The summed E-state index contributed by atoms with van der Waals surface area (Å²) in [4.78, 5) is 0. The van der Waals surface area contributed by atoms with Gasteiger partial charge in [0.1, 0.15) is 0 Å². The van der Waals surface area contributed by atoms with Crippen LogP contribution < -0.4 is 5.73 Å². The van der Waals surface area contributed by atoms with Gasteiger partial charge in [-0.15, -0.1) is 0 Å². The third-order valence-electron chi connectivity index (χ3n) is 2.89. The summed E-state index contributed by atoms with van der Waals surface area (Å²) in [5.41, 5.74) is 10.9. The minimum absolute atomic E-state index is 0.837. The van der Waals surface area contributed by atoms with Crippen LogP contribution in [-0.2, 0) is 0 Å². The van der Waals surface area contributed by atoms with Gasteiger partial charge in [-0.3, -0.25) is 0 Å². The molecule has 1 aromatic rings. The van der Waals surface area contributed by atoms with Gasteiger partial charge in [-0.05, 0) is 55.4 Å². The summed E-state index contributed by atoms with van der Waals surface area (Å²) >= 11 is 0. The van der Waals surface area contributed by atoms with Gasteiger partial charge in [0.2, 0.25) is 0 Å². The van der Waals surface area contributed by atoms with Crippen molar-refractivity contribution >= 4 is 5.69 Å². The quantitative estimate of drug-likeness (QED) is 0.630. The average Bonchev–Trinajstić information content (AvgIpc) is 2.84. The number of hydrogen-bond acceptors (Lipinski definition) is 1. The lowest BCUT2D eigenvalue weighted by atomic mass is 9.99. The van der Waals surface area contributed by atoms with E-state index in [9.17, 15) is 0 Å². The molecule has 1 saturated carbocycles. The van der Waals surface area contributed by atoms with E-state index < -0.39 is 0 Å². The van der Waals surface area contributed by atoms with Crippen LogP contribution in [0, 0.1) is 13.8 Å². The number of anilines is 1. The van der Waals surface area contributed by atoms with E-state index in [1.807, 2.05) is 6.07 Å². The highest BCUT2D eigenvalue weighted by Gasteiger charge is 2.25. The van der Waals surface area contributed by atoms with E-state index in [1.165, 1.54) is 29.5 Å². The molecule has 0 spiro atoms. The number of nitrogens with two attached hydrogens (primary N) is 1. The zero-order chi connectivity index (χ0) is 8.72. The summed E-state index contributed by atoms with van der Waals surface area (Å²) < 4.78 is 0. The van der Waals surface area contributed by atoms with E-state index in [1.54, 1.807) is 0 Å². The molecule has 64 valence electrons. The monoisotopic (exact) mass is 161 g/mol. The minimum Gasteiger partial charge on any atom is -0.399 e. The topological polar surface area (TPSA) is 26.0 Å². The van der Waals surface area contributed by atoms with Crippen LogP contribution in [0.4, 0.5) is 5.69 Å². The Hall–Kier alpha value is -0.980. The summed E-state index contributed by atoms with van der Waals surface area (Å²) in [6.07, 6.45) is 2.73. The normalized spacial score (nSPS) is 16.5. The van der Waals surface area contributed by atoms with Crippen molar-refractivity contribution in [3.8, 4) is 0 Å². The standard InChI is InChI=1S/C11H15N/c1-7-8(2)11(12)6-5-10(7)9-3-4-9/h5-6,9H,3-4,12H2,1-2H3. The Morgan fingerprint density at radius 2 is 1.83 bits per heavy atom. The van der Waals surface area contributed by atoms with Crippen molar-refractivity contribution in [1.29, 1.82) is 0 Å². The highest BCUT2D eigenvalue weighted by Crippen LogP contribution is 2.42. The van der Waals surface area contributed by atoms with E-state index in [4.69, 9.17) is 5.73 Å². The van der Waals surface area contributed by atoms with Gasteiger partial charge in [0.15, 0.2) is 0 Å². The Morgan fingerprint density at radius 3 is 2.42 bits per heavy atom. The van der Waals surface area contributed by atoms with Crippen LogP contribution in [0.2, 0.25) is 0 Å². The van der Waals surface area contributed by atoms with Crippen molar-refractivity contribution in [3.63, 3.8) is 0 Å². The second-order valence-corrected chi connectivity index (χ2v) is 3.77. The summed E-state index contributed by atoms with van der Waals surface area (Å²) in [6.45, 7) is 4.29. The predicted molar refractivity (Wildman–Crippen MR) is 52.3 cm³/mol. The first kappa shape index (κ1) is 7.66. The molecule has 1 fully saturated rings. The van der Waals surface area contributed by atoms with E-state index in [0.29, 0.717) is 0 Å². The number of nitrogen functional groups attached to an aromatic ring is 1. The van der Waals surface area contributed by atoms with Crippen LogP contribution in [0.5, 0.6) is 0 Å². The van der Waals surface area contributed by atoms with Gasteiger partial charge in [0.05, 0.1) is 0 Å². The molecular weight excluding hydrogens is 146 g/mol. The van der Waals surface area contributed by atoms with Crippen molar-refractivity contribution in [1.82, 2.24) is 0 Å².